The number of imide groups is 1. The summed E-state index contributed by atoms with van der Waals surface area (Å²) in [7, 11) is 1.68. The highest BCUT2D eigenvalue weighted by molar-refractivity contribution is 6.04. The monoisotopic (exact) mass is 421 g/mol. The molecule has 0 aliphatic carbocycles. The van der Waals surface area contributed by atoms with Crippen molar-refractivity contribution in [1.29, 1.82) is 0 Å². The van der Waals surface area contributed by atoms with E-state index in [9.17, 15) is 9.59 Å². The molecule has 2 aliphatic rings. The Labute approximate surface area is 181 Å². The van der Waals surface area contributed by atoms with E-state index in [1.807, 2.05) is 53.4 Å². The molecule has 2 fully saturated rings. The fourth-order valence-corrected chi connectivity index (χ4v) is 3.84. The minimum atomic E-state index is -0.519. The highest BCUT2D eigenvalue weighted by atomic mass is 16.5. The predicted octanol–water partition coefficient (Wildman–Crippen LogP) is 1.84. The highest BCUT2D eigenvalue weighted by Crippen LogP contribution is 2.21. The number of hydrogen-bond donors (Lipinski definition) is 2. The Morgan fingerprint density at radius 1 is 1.03 bits per heavy atom. The van der Waals surface area contributed by atoms with Gasteiger partial charge in [-0.2, -0.15) is 0 Å². The van der Waals surface area contributed by atoms with E-state index in [0.29, 0.717) is 32.1 Å². The highest BCUT2D eigenvalue weighted by Gasteiger charge is 2.49. The van der Waals surface area contributed by atoms with Crippen LogP contribution in [0.1, 0.15) is 12.0 Å². The van der Waals surface area contributed by atoms with Crippen molar-refractivity contribution in [2.75, 3.05) is 26.7 Å². The third kappa shape index (κ3) is 4.79. The van der Waals surface area contributed by atoms with Gasteiger partial charge in [-0.05, 0) is 30.5 Å². The number of hydrogen-bond acceptors (Lipinski definition) is 4. The van der Waals surface area contributed by atoms with Crippen LogP contribution in [0.25, 0.3) is 0 Å². The van der Waals surface area contributed by atoms with E-state index in [4.69, 9.17) is 9.73 Å². The van der Waals surface area contributed by atoms with Crippen molar-refractivity contribution >= 4 is 17.9 Å². The van der Waals surface area contributed by atoms with Crippen LogP contribution in [0, 0.1) is 0 Å². The van der Waals surface area contributed by atoms with Crippen LogP contribution in [-0.2, 0) is 11.2 Å². The van der Waals surface area contributed by atoms with Crippen molar-refractivity contribution in [2.45, 2.75) is 25.0 Å². The number of carbonyl (C=O) groups is 2. The smallest absolute Gasteiger partial charge is 0.325 e. The molecule has 0 aromatic heterocycles. The lowest BCUT2D eigenvalue weighted by molar-refractivity contribution is -0.127. The van der Waals surface area contributed by atoms with Crippen LogP contribution in [0.3, 0.4) is 0 Å². The van der Waals surface area contributed by atoms with Crippen LogP contribution in [-0.4, -0.2) is 66.6 Å². The van der Waals surface area contributed by atoms with Crippen LogP contribution < -0.4 is 15.4 Å². The number of amides is 3. The second-order valence-corrected chi connectivity index (χ2v) is 7.59. The van der Waals surface area contributed by atoms with Gasteiger partial charge >= 0.3 is 6.03 Å². The molecule has 2 saturated heterocycles. The topological polar surface area (TPSA) is 86.3 Å². The molecule has 162 valence electrons. The number of carbonyl (C=O) groups excluding carboxylic acids is 2. The molecule has 8 nitrogen and oxygen atoms in total. The lowest BCUT2D eigenvalue weighted by Crippen LogP contribution is -2.64. The number of likely N-dealkylation sites (N-methyl/N-ethyl adjacent to an activating group) is 1. The molecule has 8 heteroatoms. The Balaban J connectivity index is 1.43. The molecule has 2 N–H and O–H groups in total. The molecule has 2 aromatic rings. The van der Waals surface area contributed by atoms with Crippen LogP contribution in [0.5, 0.6) is 5.75 Å². The minimum Gasteiger partial charge on any atom is -0.494 e. The van der Waals surface area contributed by atoms with Gasteiger partial charge in [-0.15, -0.1) is 0 Å². The third-order valence-electron chi connectivity index (χ3n) is 5.48. The molecule has 0 bridgehead atoms. The van der Waals surface area contributed by atoms with Gasteiger partial charge in [0.05, 0.1) is 6.61 Å². The molecule has 0 spiro atoms. The Bertz CT molecular complexity index is 935. The van der Waals surface area contributed by atoms with Gasteiger partial charge in [0.15, 0.2) is 12.0 Å². The molecule has 0 radical (unpaired) electrons. The van der Waals surface area contributed by atoms with Gasteiger partial charge in [0, 0.05) is 20.1 Å². The second-order valence-electron chi connectivity index (χ2n) is 7.59. The zero-order valence-corrected chi connectivity index (χ0v) is 17.5. The molecular formula is C23H27N5O3. The molecule has 2 atom stereocenters. The maximum atomic E-state index is 12.6. The Morgan fingerprint density at radius 3 is 2.48 bits per heavy atom. The first-order valence-electron chi connectivity index (χ1n) is 10.5. The molecule has 31 heavy (non-hydrogen) atoms. The molecule has 2 aromatic carbocycles. The average Bonchev–Trinajstić information content (AvgIpc) is 3.16. The predicted molar refractivity (Wildman–Crippen MR) is 118 cm³/mol. The molecule has 2 heterocycles. The summed E-state index contributed by atoms with van der Waals surface area (Å²) in [6.45, 7) is 1.69. The summed E-state index contributed by atoms with van der Waals surface area (Å²) < 4.78 is 5.79. The zero-order chi connectivity index (χ0) is 21.6. The molecule has 3 amide bonds. The van der Waals surface area contributed by atoms with E-state index in [0.717, 1.165) is 12.2 Å². The second kappa shape index (κ2) is 9.51. The maximum Gasteiger partial charge on any atom is 0.325 e. The van der Waals surface area contributed by atoms with Crippen LogP contribution in [0.2, 0.25) is 0 Å². The van der Waals surface area contributed by atoms with Crippen molar-refractivity contribution < 1.29 is 14.3 Å². The van der Waals surface area contributed by atoms with Crippen molar-refractivity contribution in [3.8, 4) is 5.75 Å². The molecule has 0 saturated carbocycles. The summed E-state index contributed by atoms with van der Waals surface area (Å²) in [6.07, 6.45) is 1.07. The van der Waals surface area contributed by atoms with E-state index in [1.54, 1.807) is 7.05 Å². The number of para-hydroxylation sites is 1. The van der Waals surface area contributed by atoms with Gasteiger partial charge in [0.1, 0.15) is 11.9 Å². The fourth-order valence-electron chi connectivity index (χ4n) is 3.84. The van der Waals surface area contributed by atoms with Gasteiger partial charge in [0.25, 0.3) is 5.91 Å². The van der Waals surface area contributed by atoms with Crippen molar-refractivity contribution in [3.63, 3.8) is 0 Å². The first kappa shape index (κ1) is 20.7. The lowest BCUT2D eigenvalue weighted by atomic mass is 10.1. The number of guanidine groups is 1. The summed E-state index contributed by atoms with van der Waals surface area (Å²) in [5, 5.41) is 5.71. The van der Waals surface area contributed by atoms with E-state index in [2.05, 4.69) is 22.8 Å². The first-order valence-corrected chi connectivity index (χ1v) is 10.5. The van der Waals surface area contributed by atoms with Crippen molar-refractivity contribution in [1.82, 2.24) is 20.4 Å². The lowest BCUT2D eigenvalue weighted by Gasteiger charge is -2.35. The fraction of sp³-hybridized carbons (Fsp3) is 0.348. The van der Waals surface area contributed by atoms with Crippen LogP contribution >= 0.6 is 0 Å². The number of urea groups is 1. The largest absolute Gasteiger partial charge is 0.494 e. The van der Waals surface area contributed by atoms with Crippen molar-refractivity contribution in [3.05, 3.63) is 66.2 Å². The summed E-state index contributed by atoms with van der Waals surface area (Å²) >= 11 is 0. The Hall–Kier alpha value is -3.55. The van der Waals surface area contributed by atoms with E-state index in [-0.39, 0.29) is 5.91 Å². The van der Waals surface area contributed by atoms with Crippen LogP contribution in [0.15, 0.2) is 65.7 Å². The van der Waals surface area contributed by atoms with Gasteiger partial charge in [-0.25, -0.2) is 4.79 Å². The van der Waals surface area contributed by atoms with Gasteiger partial charge < -0.3 is 19.9 Å². The number of fused-ring (bicyclic) bond motifs is 1. The number of aliphatic imine (C=N–C) groups is 1. The minimum absolute atomic E-state index is 0.308. The quantitative estimate of drug-likeness (QED) is 0.635. The number of ether oxygens (including phenoxy) is 1. The standard InChI is InChI=1S/C23H27N5O3/c1-27-20-19(21(29)26-23(27)30)28(15-8-16-31-18-11-6-3-7-12-18)22(25-20)24-14-13-17-9-4-2-5-10-17/h2-7,9-12,19-20H,8,13-16H2,1H3,(H,24,25)(H,26,29,30). The summed E-state index contributed by atoms with van der Waals surface area (Å²) in [4.78, 5) is 32.9. The summed E-state index contributed by atoms with van der Waals surface area (Å²) in [6, 6.07) is 18.9. The van der Waals surface area contributed by atoms with Crippen LogP contribution in [0.4, 0.5) is 4.79 Å². The average molecular weight is 422 g/mol. The van der Waals surface area contributed by atoms with E-state index >= 15 is 0 Å². The Kier molecular flexibility index (Phi) is 6.35. The van der Waals surface area contributed by atoms with Gasteiger partial charge in [-0.3, -0.25) is 15.1 Å². The Morgan fingerprint density at radius 2 is 1.74 bits per heavy atom. The molecule has 2 unspecified atom stereocenters. The zero-order valence-electron chi connectivity index (χ0n) is 17.5. The third-order valence-corrected chi connectivity index (χ3v) is 5.48. The van der Waals surface area contributed by atoms with E-state index < -0.39 is 18.2 Å². The normalized spacial score (nSPS) is 21.6. The molecule has 4 rings (SSSR count). The SMILES string of the molecule is CN1C(=O)NC(=O)C2C1NC(=NCCc1ccccc1)N2CCCOc1ccccc1. The van der Waals surface area contributed by atoms with Gasteiger partial charge in [-0.1, -0.05) is 48.5 Å². The maximum absolute atomic E-state index is 12.6. The van der Waals surface area contributed by atoms with Crippen molar-refractivity contribution in [2.24, 2.45) is 4.99 Å². The summed E-state index contributed by atoms with van der Waals surface area (Å²) in [5.41, 5.74) is 1.20. The number of nitrogens with one attached hydrogen (secondary N) is 2. The molecule has 2 aliphatic heterocycles. The van der Waals surface area contributed by atoms with E-state index in [1.165, 1.54) is 10.5 Å². The number of rotatable bonds is 8. The molecular weight excluding hydrogens is 394 g/mol. The summed E-state index contributed by atoms with van der Waals surface area (Å²) in [5.74, 6) is 1.15. The number of benzene rings is 2. The number of nitrogens with zero attached hydrogens (tertiary/aromatic N) is 3. The first-order chi connectivity index (χ1) is 15.1. The van der Waals surface area contributed by atoms with Gasteiger partial charge in [0.2, 0.25) is 0 Å².